The summed E-state index contributed by atoms with van der Waals surface area (Å²) >= 11 is 0. The van der Waals surface area contributed by atoms with Gasteiger partial charge in [-0.05, 0) is 133 Å². The summed E-state index contributed by atoms with van der Waals surface area (Å²) in [6.45, 7) is 19.7. The van der Waals surface area contributed by atoms with Gasteiger partial charge in [-0.1, -0.05) is 0 Å². The van der Waals surface area contributed by atoms with E-state index in [9.17, 15) is 59.3 Å². The highest BCUT2D eigenvalue weighted by atomic mass is 16.7. The molecule has 1 aliphatic carbocycles. The summed E-state index contributed by atoms with van der Waals surface area (Å²) in [6.07, 6.45) is -18.0. The van der Waals surface area contributed by atoms with Crippen LogP contribution >= 0.6 is 0 Å². The first-order chi connectivity index (χ1) is 36.3. The van der Waals surface area contributed by atoms with Crippen LogP contribution in [0.25, 0.3) is 0 Å². The number of aliphatic hydroxyl groups excluding tert-OH is 3. The SMILES string of the molecule is CN(C(=O)OC(C)(C)C)C1C(O)C(OC2C(NC(=O)C(O)CCNC(=O)OC(C)(C)C)CC(NC(=O)OC(C)(C)C)C(OC3OC(CNC(=O)OCc4ccc([N+](=O)[O-])cc4)CCC3NC(=O)OC(C)(C)C)C2O)OCC1(C)O. The zero-order chi connectivity index (χ0) is 59.6. The Bertz CT molecular complexity index is 2240. The molecule has 28 nitrogen and oxygen atoms in total. The molecule has 3 fully saturated rings. The van der Waals surface area contributed by atoms with Crippen molar-refractivity contribution >= 4 is 42.1 Å². The minimum absolute atomic E-state index is 0.120. The number of nitro benzene ring substituents is 1. The van der Waals surface area contributed by atoms with Crippen molar-refractivity contribution in [3.05, 3.63) is 39.9 Å². The van der Waals surface area contributed by atoms with Crippen LogP contribution in [0.3, 0.4) is 0 Å². The fourth-order valence-electron chi connectivity index (χ4n) is 8.65. The number of hydrogen-bond donors (Lipinski definition) is 9. The minimum atomic E-state index is -1.98. The molecule has 0 bridgehead atoms. The molecule has 448 valence electrons. The molecular formula is C51H83N7O21. The van der Waals surface area contributed by atoms with Crippen LogP contribution in [0.5, 0.6) is 0 Å². The van der Waals surface area contributed by atoms with Crippen molar-refractivity contribution in [2.75, 3.05) is 26.7 Å². The number of nitro groups is 1. The monoisotopic (exact) mass is 1130 g/mol. The van der Waals surface area contributed by atoms with Crippen LogP contribution in [-0.4, -0.2) is 195 Å². The Balaban J connectivity index is 1.72. The first kappa shape index (κ1) is 65.6. The van der Waals surface area contributed by atoms with E-state index < -0.39 is 149 Å². The third-order valence-electron chi connectivity index (χ3n) is 12.0. The second-order valence-electron chi connectivity index (χ2n) is 23.9. The van der Waals surface area contributed by atoms with E-state index in [-0.39, 0.29) is 51.1 Å². The van der Waals surface area contributed by atoms with E-state index in [1.165, 1.54) is 38.2 Å². The Morgan fingerprint density at radius 3 is 1.80 bits per heavy atom. The topological polar surface area (TPSA) is 373 Å². The second-order valence-corrected chi connectivity index (χ2v) is 23.9. The van der Waals surface area contributed by atoms with E-state index in [1.54, 1.807) is 83.1 Å². The van der Waals surface area contributed by atoms with Crippen molar-refractivity contribution < 1.29 is 96.7 Å². The molecule has 9 N–H and O–H groups in total. The van der Waals surface area contributed by atoms with Gasteiger partial charge >= 0.3 is 30.5 Å². The van der Waals surface area contributed by atoms with Gasteiger partial charge in [0.25, 0.3) is 5.69 Å². The van der Waals surface area contributed by atoms with Gasteiger partial charge in [-0.3, -0.25) is 14.9 Å². The Kier molecular flexibility index (Phi) is 22.5. The molecule has 2 aliphatic heterocycles. The number of carbonyl (C=O) groups excluding carboxylic acids is 6. The zero-order valence-corrected chi connectivity index (χ0v) is 47.5. The number of alkyl carbamates (subject to hydrolysis) is 4. The maximum atomic E-state index is 13.9. The van der Waals surface area contributed by atoms with Crippen molar-refractivity contribution in [3.8, 4) is 0 Å². The normalized spacial score (nSPS) is 27.9. The molecule has 1 aromatic rings. The number of amides is 6. The van der Waals surface area contributed by atoms with E-state index in [0.29, 0.717) is 5.56 Å². The van der Waals surface area contributed by atoms with E-state index in [2.05, 4.69) is 26.6 Å². The van der Waals surface area contributed by atoms with Gasteiger partial charge in [0.1, 0.15) is 65.1 Å². The predicted molar refractivity (Wildman–Crippen MR) is 277 cm³/mol. The molecule has 0 aromatic heterocycles. The van der Waals surface area contributed by atoms with Crippen LogP contribution in [0.15, 0.2) is 24.3 Å². The maximum absolute atomic E-state index is 13.9. The highest BCUT2D eigenvalue weighted by Gasteiger charge is 2.55. The Hall–Kier alpha value is -5.88. The highest BCUT2D eigenvalue weighted by Crippen LogP contribution is 2.35. The van der Waals surface area contributed by atoms with Gasteiger partial charge in [0.05, 0.1) is 41.8 Å². The standard InChI is InChI=1S/C51H83N7O21/c1-47(2,3)76-43(64)52-22-21-33(59)39(62)54-31-23-32(56-45(66)78-49(7,8)9)37(34(60)36(31)75-41-35(61)38(51(13,68)26-72-41)57(14)46(67)79-50(10,11)12)74-40-30(55-44(65)77-48(4,5)6)20-19-29(73-40)24-53-42(63)71-25-27-15-17-28(18-16-27)58(69)70/h15-18,29-38,40-41,59-61,68H,19-26H2,1-14H3,(H,52,64)(H,53,63)(H,54,62)(H,55,65)(H,56,66). The van der Waals surface area contributed by atoms with Crippen LogP contribution in [0.1, 0.15) is 121 Å². The number of nitrogens with zero attached hydrogens (tertiary/aromatic N) is 2. The van der Waals surface area contributed by atoms with Gasteiger partial charge < -0.3 is 94.5 Å². The number of nitrogens with one attached hydrogen (secondary N) is 5. The molecule has 79 heavy (non-hydrogen) atoms. The number of hydrogen-bond acceptors (Lipinski definition) is 21. The van der Waals surface area contributed by atoms with E-state index in [4.69, 9.17) is 42.6 Å². The van der Waals surface area contributed by atoms with Gasteiger partial charge in [0, 0.05) is 32.3 Å². The van der Waals surface area contributed by atoms with Gasteiger partial charge in [0.2, 0.25) is 5.91 Å². The summed E-state index contributed by atoms with van der Waals surface area (Å²) in [5.74, 6) is -1.03. The van der Waals surface area contributed by atoms with Gasteiger partial charge in [-0.15, -0.1) is 0 Å². The third-order valence-corrected chi connectivity index (χ3v) is 12.0. The molecule has 13 atom stereocenters. The van der Waals surface area contributed by atoms with Crippen LogP contribution in [0.2, 0.25) is 0 Å². The summed E-state index contributed by atoms with van der Waals surface area (Å²) in [4.78, 5) is 91.0. The molecule has 28 heteroatoms. The first-order valence-corrected chi connectivity index (χ1v) is 26.0. The van der Waals surface area contributed by atoms with Crippen molar-refractivity contribution in [1.29, 1.82) is 0 Å². The molecule has 0 spiro atoms. The minimum Gasteiger partial charge on any atom is -0.445 e. The van der Waals surface area contributed by atoms with Gasteiger partial charge in [0.15, 0.2) is 12.6 Å². The zero-order valence-electron chi connectivity index (χ0n) is 47.5. The van der Waals surface area contributed by atoms with Crippen molar-refractivity contribution in [2.24, 2.45) is 0 Å². The molecule has 4 rings (SSSR count). The van der Waals surface area contributed by atoms with Crippen molar-refractivity contribution in [2.45, 2.75) is 224 Å². The lowest BCUT2D eigenvalue weighted by atomic mass is 9.82. The lowest BCUT2D eigenvalue weighted by molar-refractivity contribution is -0.384. The molecule has 13 unspecified atom stereocenters. The molecule has 1 aromatic carbocycles. The molecule has 2 heterocycles. The molecule has 1 saturated carbocycles. The predicted octanol–water partition coefficient (Wildman–Crippen LogP) is 3.11. The Labute approximate surface area is 459 Å². The van der Waals surface area contributed by atoms with Crippen molar-refractivity contribution in [3.63, 3.8) is 0 Å². The first-order valence-electron chi connectivity index (χ1n) is 26.0. The molecule has 0 radical (unpaired) electrons. The van der Waals surface area contributed by atoms with E-state index in [1.807, 2.05) is 0 Å². The van der Waals surface area contributed by atoms with Crippen LogP contribution in [0, 0.1) is 10.1 Å². The summed E-state index contributed by atoms with van der Waals surface area (Å²) in [5.41, 5.74) is -5.43. The van der Waals surface area contributed by atoms with Crippen LogP contribution in [0.4, 0.5) is 29.7 Å². The van der Waals surface area contributed by atoms with Gasteiger partial charge in [-0.2, -0.15) is 0 Å². The number of aliphatic hydroxyl groups is 4. The van der Waals surface area contributed by atoms with E-state index >= 15 is 0 Å². The second kappa shape index (κ2) is 27.1. The number of non-ortho nitro benzene ring substituents is 1. The molecule has 3 aliphatic rings. The quantitative estimate of drug-likeness (QED) is 0.0614. The number of rotatable bonds is 17. The Morgan fingerprint density at radius 1 is 0.734 bits per heavy atom. The molecule has 2 saturated heterocycles. The fraction of sp³-hybridized carbons (Fsp3) is 0.765. The lowest BCUT2D eigenvalue weighted by Gasteiger charge is -2.51. The van der Waals surface area contributed by atoms with E-state index in [0.717, 1.165) is 4.90 Å². The fourth-order valence-corrected chi connectivity index (χ4v) is 8.65. The summed E-state index contributed by atoms with van der Waals surface area (Å²) in [6, 6.07) is 0.130. The highest BCUT2D eigenvalue weighted by molar-refractivity contribution is 5.81. The average molecular weight is 1130 g/mol. The smallest absolute Gasteiger partial charge is 0.410 e. The van der Waals surface area contributed by atoms with Crippen molar-refractivity contribution in [1.82, 2.24) is 31.5 Å². The third kappa shape index (κ3) is 21.3. The number of benzene rings is 1. The van der Waals surface area contributed by atoms with Crippen LogP contribution < -0.4 is 26.6 Å². The summed E-state index contributed by atoms with van der Waals surface area (Å²) in [5, 5.41) is 71.5. The lowest BCUT2D eigenvalue weighted by Crippen LogP contribution is -2.71. The maximum Gasteiger partial charge on any atom is 0.410 e. The summed E-state index contributed by atoms with van der Waals surface area (Å²) < 4.78 is 52.5. The van der Waals surface area contributed by atoms with Gasteiger partial charge in [-0.25, -0.2) is 24.0 Å². The average Bonchev–Trinajstić information content (AvgIpc) is 3.31. The molecular weight excluding hydrogens is 1050 g/mol. The Morgan fingerprint density at radius 2 is 1.25 bits per heavy atom. The molecule has 6 amide bonds. The summed E-state index contributed by atoms with van der Waals surface area (Å²) in [7, 11) is 1.28. The number of carbonyl (C=O) groups is 6. The number of ether oxygens (including phenoxy) is 9. The number of likely N-dealkylation sites (N-methyl/N-ethyl adjacent to an activating group) is 1. The largest absolute Gasteiger partial charge is 0.445 e. The van der Waals surface area contributed by atoms with Crippen LogP contribution in [-0.2, 0) is 54.0 Å².